The lowest BCUT2D eigenvalue weighted by Crippen LogP contribution is -2.18. The minimum Gasteiger partial charge on any atom is -0.496 e. The molecule has 7 nitrogen and oxygen atoms in total. The number of furan rings is 1. The average Bonchev–Trinajstić information content (AvgIpc) is 3.28. The van der Waals surface area contributed by atoms with E-state index in [1.54, 1.807) is 19.1 Å². The quantitative estimate of drug-likeness (QED) is 0.324. The van der Waals surface area contributed by atoms with E-state index in [4.69, 9.17) is 18.6 Å². The van der Waals surface area contributed by atoms with Gasteiger partial charge in [0.05, 0.1) is 31.8 Å². The topological polar surface area (TPSA) is 87.0 Å². The van der Waals surface area contributed by atoms with E-state index in [9.17, 15) is 14.0 Å². The van der Waals surface area contributed by atoms with E-state index >= 15 is 4.39 Å². The molecule has 0 spiro atoms. The van der Waals surface area contributed by atoms with Gasteiger partial charge in [0.2, 0.25) is 0 Å². The molecule has 0 aliphatic carbocycles. The van der Waals surface area contributed by atoms with Crippen LogP contribution in [0.3, 0.4) is 0 Å². The lowest BCUT2D eigenvalue weighted by atomic mass is 9.91. The van der Waals surface area contributed by atoms with Crippen molar-refractivity contribution in [3.05, 3.63) is 76.4 Å². The van der Waals surface area contributed by atoms with Crippen molar-refractivity contribution in [2.45, 2.75) is 13.5 Å². The van der Waals surface area contributed by atoms with Crippen molar-refractivity contribution < 1.29 is 37.0 Å². The molecule has 9 heteroatoms. The van der Waals surface area contributed by atoms with Gasteiger partial charge in [-0.15, -0.1) is 0 Å². The van der Waals surface area contributed by atoms with Crippen LogP contribution in [0.15, 0.2) is 46.9 Å². The van der Waals surface area contributed by atoms with Crippen LogP contribution in [0.5, 0.6) is 5.75 Å². The highest BCUT2D eigenvalue weighted by Gasteiger charge is 2.29. The van der Waals surface area contributed by atoms with Gasteiger partial charge in [-0.05, 0) is 66.1 Å². The second-order valence-electron chi connectivity index (χ2n) is 8.28. The molecule has 0 saturated heterocycles. The molecule has 4 rings (SSSR count). The first-order valence-electron chi connectivity index (χ1n) is 11.3. The van der Waals surface area contributed by atoms with Gasteiger partial charge in [0, 0.05) is 25.3 Å². The summed E-state index contributed by atoms with van der Waals surface area (Å²) in [5.74, 6) is -2.06. The van der Waals surface area contributed by atoms with Crippen molar-refractivity contribution >= 4 is 22.8 Å². The molecule has 1 amide bonds. The largest absolute Gasteiger partial charge is 0.496 e. The summed E-state index contributed by atoms with van der Waals surface area (Å²) < 4.78 is 51.6. The number of aryl methyl sites for hydroxylation is 1. The van der Waals surface area contributed by atoms with Gasteiger partial charge in [0.1, 0.15) is 34.3 Å². The van der Waals surface area contributed by atoms with E-state index in [1.807, 2.05) is 0 Å². The van der Waals surface area contributed by atoms with E-state index in [0.717, 1.165) is 0 Å². The maximum atomic E-state index is 16.6. The molecule has 0 saturated carbocycles. The first-order valence-corrected chi connectivity index (χ1v) is 11.3. The number of nitrogens with one attached hydrogen (secondary N) is 1. The summed E-state index contributed by atoms with van der Waals surface area (Å²) in [6.45, 7) is 1.77. The molecule has 4 aromatic rings. The van der Waals surface area contributed by atoms with Gasteiger partial charge in [-0.2, -0.15) is 0 Å². The van der Waals surface area contributed by atoms with Crippen LogP contribution in [0.4, 0.5) is 8.78 Å². The van der Waals surface area contributed by atoms with Gasteiger partial charge in [-0.25, -0.2) is 13.6 Å². The number of carbonyl (C=O) groups is 2. The van der Waals surface area contributed by atoms with Crippen molar-refractivity contribution in [3.8, 4) is 28.2 Å². The standard InChI is InChI=1S/C28H25F2NO6/c1-14-10-20(35-4)19(28(33)36-5)12-18(14)22-16(13-34-3)11-21-23(25(22)30)24(27(32)31-2)26(37-21)15-6-8-17(29)9-7-15/h6-12H,13H2,1-5H3,(H,31,32). The Morgan fingerprint density at radius 2 is 1.73 bits per heavy atom. The summed E-state index contributed by atoms with van der Waals surface area (Å²) in [5.41, 5.74) is 2.16. The molecule has 0 bridgehead atoms. The van der Waals surface area contributed by atoms with Gasteiger partial charge in [0.25, 0.3) is 5.91 Å². The number of hydrogen-bond acceptors (Lipinski definition) is 6. The van der Waals surface area contributed by atoms with E-state index in [-0.39, 0.29) is 45.8 Å². The molecule has 3 aromatic carbocycles. The zero-order chi connectivity index (χ0) is 26.9. The molecule has 1 aromatic heterocycles. The molecule has 192 valence electrons. The number of rotatable bonds is 7. The third kappa shape index (κ3) is 4.53. The third-order valence-electron chi connectivity index (χ3n) is 6.08. The van der Waals surface area contributed by atoms with Gasteiger partial charge in [-0.1, -0.05) is 0 Å². The number of carbonyl (C=O) groups excluding carboxylic acids is 2. The van der Waals surface area contributed by atoms with Crippen LogP contribution in [0.25, 0.3) is 33.4 Å². The van der Waals surface area contributed by atoms with Crippen LogP contribution in [-0.2, 0) is 16.1 Å². The summed E-state index contributed by atoms with van der Waals surface area (Å²) >= 11 is 0. The molecule has 0 unspecified atom stereocenters. The fraction of sp³-hybridized carbons (Fsp3) is 0.214. The second kappa shape index (κ2) is 10.4. The van der Waals surface area contributed by atoms with Crippen molar-refractivity contribution in [2.75, 3.05) is 28.4 Å². The molecule has 0 radical (unpaired) electrons. The summed E-state index contributed by atoms with van der Waals surface area (Å²) in [5, 5.41) is 2.47. The molecule has 1 heterocycles. The Bertz CT molecular complexity index is 1510. The lowest BCUT2D eigenvalue weighted by molar-refractivity contribution is 0.0597. The Hall–Kier alpha value is -4.24. The Morgan fingerprint density at radius 1 is 1.03 bits per heavy atom. The highest BCUT2D eigenvalue weighted by molar-refractivity contribution is 6.12. The van der Waals surface area contributed by atoms with Crippen LogP contribution >= 0.6 is 0 Å². The first-order chi connectivity index (χ1) is 17.7. The average molecular weight is 510 g/mol. The van der Waals surface area contributed by atoms with E-state index in [0.29, 0.717) is 22.3 Å². The molecular weight excluding hydrogens is 484 g/mol. The van der Waals surface area contributed by atoms with Gasteiger partial charge in [-0.3, -0.25) is 4.79 Å². The Morgan fingerprint density at radius 3 is 2.32 bits per heavy atom. The molecule has 0 aliphatic heterocycles. The zero-order valence-corrected chi connectivity index (χ0v) is 21.0. The minimum absolute atomic E-state index is 0.0170. The Kier molecular flexibility index (Phi) is 7.26. The molecule has 0 fully saturated rings. The van der Waals surface area contributed by atoms with Crippen molar-refractivity contribution in [3.63, 3.8) is 0 Å². The first kappa shape index (κ1) is 25.8. The third-order valence-corrected chi connectivity index (χ3v) is 6.08. The highest BCUT2D eigenvalue weighted by Crippen LogP contribution is 2.42. The number of amides is 1. The van der Waals surface area contributed by atoms with Gasteiger partial charge >= 0.3 is 5.97 Å². The number of hydrogen-bond donors (Lipinski definition) is 1. The predicted molar refractivity (Wildman–Crippen MR) is 134 cm³/mol. The lowest BCUT2D eigenvalue weighted by Gasteiger charge is -2.17. The fourth-order valence-corrected chi connectivity index (χ4v) is 4.36. The monoisotopic (exact) mass is 509 g/mol. The summed E-state index contributed by atoms with van der Waals surface area (Å²) in [6.07, 6.45) is 0. The number of fused-ring (bicyclic) bond motifs is 1. The van der Waals surface area contributed by atoms with E-state index < -0.39 is 23.5 Å². The van der Waals surface area contributed by atoms with Crippen LogP contribution in [0, 0.1) is 18.6 Å². The molecule has 0 atom stereocenters. The summed E-state index contributed by atoms with van der Waals surface area (Å²) in [4.78, 5) is 25.4. The highest BCUT2D eigenvalue weighted by atomic mass is 19.1. The van der Waals surface area contributed by atoms with Crippen molar-refractivity contribution in [1.82, 2.24) is 5.32 Å². The van der Waals surface area contributed by atoms with Crippen LogP contribution < -0.4 is 10.1 Å². The zero-order valence-electron chi connectivity index (χ0n) is 21.0. The number of benzene rings is 3. The Labute approximate surface area is 211 Å². The number of halogens is 2. The van der Waals surface area contributed by atoms with Gasteiger partial charge < -0.3 is 23.9 Å². The molecule has 0 aliphatic rings. The molecule has 37 heavy (non-hydrogen) atoms. The number of methoxy groups -OCH3 is 3. The minimum atomic E-state index is -0.732. The van der Waals surface area contributed by atoms with Crippen LogP contribution in [0.2, 0.25) is 0 Å². The molecule has 1 N–H and O–H groups in total. The SMILES string of the molecule is CNC(=O)c1c(-c2ccc(F)cc2)oc2cc(COC)c(-c3cc(C(=O)OC)c(OC)cc3C)c(F)c12. The fourth-order valence-electron chi connectivity index (χ4n) is 4.36. The van der Waals surface area contributed by atoms with E-state index in [2.05, 4.69) is 5.32 Å². The molecular formula is C28H25F2NO6. The maximum absolute atomic E-state index is 16.6. The van der Waals surface area contributed by atoms with Crippen molar-refractivity contribution in [1.29, 1.82) is 0 Å². The van der Waals surface area contributed by atoms with E-state index in [1.165, 1.54) is 58.7 Å². The van der Waals surface area contributed by atoms with Crippen molar-refractivity contribution in [2.24, 2.45) is 0 Å². The summed E-state index contributed by atoms with van der Waals surface area (Å²) in [7, 11) is 5.54. The summed E-state index contributed by atoms with van der Waals surface area (Å²) in [6, 6.07) is 10.0. The number of esters is 1. The second-order valence-corrected chi connectivity index (χ2v) is 8.28. The Balaban J connectivity index is 2.10. The smallest absolute Gasteiger partial charge is 0.341 e. The maximum Gasteiger partial charge on any atom is 0.341 e. The van der Waals surface area contributed by atoms with Crippen LogP contribution in [-0.4, -0.2) is 40.3 Å². The predicted octanol–water partition coefficient (Wildman–Crippen LogP) is 5.65. The normalized spacial score (nSPS) is 11.0. The van der Waals surface area contributed by atoms with Crippen LogP contribution in [0.1, 0.15) is 31.8 Å². The van der Waals surface area contributed by atoms with Gasteiger partial charge in [0.15, 0.2) is 0 Å². The number of ether oxygens (including phenoxy) is 3.